The van der Waals surface area contributed by atoms with Crippen molar-refractivity contribution in [3.05, 3.63) is 59.8 Å². The van der Waals surface area contributed by atoms with E-state index in [1.165, 1.54) is 0 Å². The average molecular weight is 380 g/mol. The minimum absolute atomic E-state index is 0.0303. The topological polar surface area (TPSA) is 66.0 Å². The van der Waals surface area contributed by atoms with E-state index in [1.807, 2.05) is 23.1 Å². The molecule has 1 aromatic carbocycles. The SMILES string of the molecule is O=C(c1cccc(C(=O)N2CCN(c3ccccn3)CC2)c1)N1CCOCC1. The summed E-state index contributed by atoms with van der Waals surface area (Å²) in [6.45, 7) is 5.06. The number of ether oxygens (including phenoxy) is 1. The number of nitrogens with zero attached hydrogens (tertiary/aromatic N) is 4. The van der Waals surface area contributed by atoms with Gasteiger partial charge in [0.15, 0.2) is 0 Å². The van der Waals surface area contributed by atoms with Crippen molar-refractivity contribution >= 4 is 17.6 Å². The number of carbonyl (C=O) groups is 2. The van der Waals surface area contributed by atoms with Gasteiger partial charge in [-0.15, -0.1) is 0 Å². The number of pyridine rings is 1. The summed E-state index contributed by atoms with van der Waals surface area (Å²) in [5, 5.41) is 0. The second-order valence-corrected chi connectivity index (χ2v) is 6.95. The lowest BCUT2D eigenvalue weighted by atomic mass is 10.1. The maximum Gasteiger partial charge on any atom is 0.254 e. The van der Waals surface area contributed by atoms with E-state index >= 15 is 0 Å². The lowest BCUT2D eigenvalue weighted by Gasteiger charge is -2.35. The summed E-state index contributed by atoms with van der Waals surface area (Å²) >= 11 is 0. The zero-order valence-electron chi connectivity index (χ0n) is 15.8. The largest absolute Gasteiger partial charge is 0.378 e. The van der Waals surface area contributed by atoms with E-state index in [0.717, 1.165) is 18.9 Å². The summed E-state index contributed by atoms with van der Waals surface area (Å²) in [5.41, 5.74) is 1.12. The van der Waals surface area contributed by atoms with Crippen LogP contribution in [0, 0.1) is 0 Å². The molecule has 0 saturated carbocycles. The molecule has 0 aliphatic carbocycles. The van der Waals surface area contributed by atoms with Gasteiger partial charge >= 0.3 is 0 Å². The number of carbonyl (C=O) groups excluding carboxylic acids is 2. The van der Waals surface area contributed by atoms with E-state index in [0.29, 0.717) is 50.5 Å². The maximum atomic E-state index is 12.9. The zero-order chi connectivity index (χ0) is 19.3. The fourth-order valence-electron chi connectivity index (χ4n) is 3.60. The van der Waals surface area contributed by atoms with Crippen molar-refractivity contribution in [1.82, 2.24) is 14.8 Å². The van der Waals surface area contributed by atoms with E-state index in [1.54, 1.807) is 35.4 Å². The Morgan fingerprint density at radius 2 is 1.43 bits per heavy atom. The molecule has 0 spiro atoms. The molecule has 2 fully saturated rings. The molecule has 4 rings (SSSR count). The smallest absolute Gasteiger partial charge is 0.254 e. The van der Waals surface area contributed by atoms with Gasteiger partial charge in [0.05, 0.1) is 13.2 Å². The molecule has 0 atom stereocenters. The number of hydrogen-bond donors (Lipinski definition) is 0. The first-order valence-corrected chi connectivity index (χ1v) is 9.65. The Morgan fingerprint density at radius 3 is 2.04 bits per heavy atom. The maximum absolute atomic E-state index is 12.9. The predicted molar refractivity (Wildman–Crippen MR) is 106 cm³/mol. The standard InChI is InChI=1S/C21H24N4O3/c26-20(24-10-8-23(9-11-24)19-6-1-2-7-22-19)17-4-3-5-18(16-17)21(27)25-12-14-28-15-13-25/h1-7,16H,8-15H2. The lowest BCUT2D eigenvalue weighted by Crippen LogP contribution is -2.49. The molecule has 7 heteroatoms. The molecule has 2 aliphatic heterocycles. The van der Waals surface area contributed by atoms with Crippen molar-refractivity contribution in [2.24, 2.45) is 0 Å². The fourth-order valence-corrected chi connectivity index (χ4v) is 3.60. The second kappa shape index (κ2) is 8.39. The van der Waals surface area contributed by atoms with Crippen molar-refractivity contribution in [3.63, 3.8) is 0 Å². The highest BCUT2D eigenvalue weighted by Crippen LogP contribution is 2.16. The number of aromatic nitrogens is 1. The number of hydrogen-bond acceptors (Lipinski definition) is 5. The van der Waals surface area contributed by atoms with Crippen LogP contribution < -0.4 is 4.90 Å². The molecular formula is C21H24N4O3. The van der Waals surface area contributed by atoms with Gasteiger partial charge in [-0.25, -0.2) is 4.98 Å². The number of benzene rings is 1. The first-order chi connectivity index (χ1) is 13.7. The van der Waals surface area contributed by atoms with Crippen molar-refractivity contribution in [2.45, 2.75) is 0 Å². The van der Waals surface area contributed by atoms with Gasteiger partial charge in [0.25, 0.3) is 11.8 Å². The molecule has 0 N–H and O–H groups in total. The van der Waals surface area contributed by atoms with Crippen molar-refractivity contribution in [3.8, 4) is 0 Å². The first kappa shape index (κ1) is 18.4. The summed E-state index contributed by atoms with van der Waals surface area (Å²) in [7, 11) is 0. The molecule has 2 aliphatic rings. The molecule has 1 aromatic heterocycles. The molecule has 7 nitrogen and oxygen atoms in total. The Labute approximate surface area is 164 Å². The van der Waals surface area contributed by atoms with E-state index in [9.17, 15) is 9.59 Å². The van der Waals surface area contributed by atoms with Crippen LogP contribution in [0.3, 0.4) is 0 Å². The summed E-state index contributed by atoms with van der Waals surface area (Å²) < 4.78 is 5.30. The lowest BCUT2D eigenvalue weighted by molar-refractivity contribution is 0.0303. The van der Waals surface area contributed by atoms with Crippen LogP contribution in [0.4, 0.5) is 5.82 Å². The van der Waals surface area contributed by atoms with Crippen LogP contribution in [0.5, 0.6) is 0 Å². The quantitative estimate of drug-likeness (QED) is 0.808. The van der Waals surface area contributed by atoms with Crippen molar-refractivity contribution < 1.29 is 14.3 Å². The average Bonchev–Trinajstić information content (AvgIpc) is 2.79. The second-order valence-electron chi connectivity index (χ2n) is 6.95. The van der Waals surface area contributed by atoms with Gasteiger partial charge in [-0.05, 0) is 30.3 Å². The molecule has 146 valence electrons. The van der Waals surface area contributed by atoms with E-state index in [4.69, 9.17) is 4.74 Å². The molecular weight excluding hydrogens is 356 g/mol. The third kappa shape index (κ3) is 3.99. The van der Waals surface area contributed by atoms with Gasteiger partial charge in [0, 0.05) is 56.6 Å². The highest BCUT2D eigenvalue weighted by atomic mass is 16.5. The minimum Gasteiger partial charge on any atom is -0.378 e. The predicted octanol–water partition coefficient (Wildman–Crippen LogP) is 1.52. The van der Waals surface area contributed by atoms with E-state index in [-0.39, 0.29) is 11.8 Å². The van der Waals surface area contributed by atoms with E-state index in [2.05, 4.69) is 9.88 Å². The van der Waals surface area contributed by atoms with Crippen LogP contribution >= 0.6 is 0 Å². The minimum atomic E-state index is -0.0436. The van der Waals surface area contributed by atoms with Crippen LogP contribution in [0.2, 0.25) is 0 Å². The molecule has 0 unspecified atom stereocenters. The normalized spacial score (nSPS) is 17.5. The molecule has 28 heavy (non-hydrogen) atoms. The Bertz CT molecular complexity index is 829. The zero-order valence-corrected chi connectivity index (χ0v) is 15.8. The number of morpholine rings is 1. The number of amides is 2. The summed E-state index contributed by atoms with van der Waals surface area (Å²) in [6, 6.07) is 12.9. The Balaban J connectivity index is 1.40. The number of rotatable bonds is 3. The fraction of sp³-hybridized carbons (Fsp3) is 0.381. The monoisotopic (exact) mass is 380 g/mol. The van der Waals surface area contributed by atoms with Crippen LogP contribution in [-0.2, 0) is 4.74 Å². The van der Waals surface area contributed by atoms with Crippen LogP contribution in [0.1, 0.15) is 20.7 Å². The molecule has 0 radical (unpaired) electrons. The van der Waals surface area contributed by atoms with Crippen LogP contribution in [-0.4, -0.2) is 79.1 Å². The third-order valence-corrected chi connectivity index (χ3v) is 5.19. The van der Waals surface area contributed by atoms with Crippen LogP contribution in [0.25, 0.3) is 0 Å². The van der Waals surface area contributed by atoms with Gasteiger partial charge in [-0.3, -0.25) is 9.59 Å². The third-order valence-electron chi connectivity index (χ3n) is 5.19. The molecule has 2 amide bonds. The van der Waals surface area contributed by atoms with Gasteiger partial charge in [0.2, 0.25) is 0 Å². The highest BCUT2D eigenvalue weighted by Gasteiger charge is 2.24. The molecule has 2 saturated heterocycles. The van der Waals surface area contributed by atoms with Gasteiger partial charge < -0.3 is 19.4 Å². The van der Waals surface area contributed by atoms with Crippen LogP contribution in [0.15, 0.2) is 48.7 Å². The van der Waals surface area contributed by atoms with Crippen molar-refractivity contribution in [1.29, 1.82) is 0 Å². The van der Waals surface area contributed by atoms with Gasteiger partial charge in [-0.2, -0.15) is 0 Å². The van der Waals surface area contributed by atoms with Gasteiger partial charge in [-0.1, -0.05) is 12.1 Å². The van der Waals surface area contributed by atoms with Crippen molar-refractivity contribution in [2.75, 3.05) is 57.4 Å². The van der Waals surface area contributed by atoms with Gasteiger partial charge in [0.1, 0.15) is 5.82 Å². The number of anilines is 1. The summed E-state index contributed by atoms with van der Waals surface area (Å²) in [5.74, 6) is 0.864. The molecule has 2 aromatic rings. The molecule has 0 bridgehead atoms. The number of piperazine rings is 1. The Kier molecular flexibility index (Phi) is 5.53. The first-order valence-electron chi connectivity index (χ1n) is 9.65. The highest BCUT2D eigenvalue weighted by molar-refractivity contribution is 5.99. The molecule has 3 heterocycles. The summed E-state index contributed by atoms with van der Waals surface area (Å²) in [4.78, 5) is 35.8. The Morgan fingerprint density at radius 1 is 0.786 bits per heavy atom. The Hall–Kier alpha value is -2.93. The summed E-state index contributed by atoms with van der Waals surface area (Å²) in [6.07, 6.45) is 1.78. The van der Waals surface area contributed by atoms with E-state index < -0.39 is 0 Å².